The molecule has 2 aromatic carbocycles. The molecule has 2 rings (SSSR count). The van der Waals surface area contributed by atoms with Crippen LogP contribution in [0.2, 0.25) is 0 Å². The first-order valence-corrected chi connectivity index (χ1v) is 7.58. The van der Waals surface area contributed by atoms with Gasteiger partial charge < -0.3 is 9.47 Å². The van der Waals surface area contributed by atoms with Crippen LogP contribution in [0.3, 0.4) is 0 Å². The minimum atomic E-state index is -0.500. The fourth-order valence-corrected chi connectivity index (χ4v) is 2.15. The molecule has 4 nitrogen and oxygen atoms in total. The molecule has 4 heteroatoms. The molecule has 0 N–H and O–H groups in total. The molecule has 0 heterocycles. The number of ketones is 1. The number of carbonyl (C=O) groups excluding carboxylic acids is 2. The Bertz CT molecular complexity index is 831. The normalized spacial score (nSPS) is 9.40. The maximum absolute atomic E-state index is 11.4. The van der Waals surface area contributed by atoms with Gasteiger partial charge in [0.2, 0.25) is 0 Å². The second-order valence-corrected chi connectivity index (χ2v) is 5.22. The highest BCUT2D eigenvalue weighted by molar-refractivity contribution is 6.00. The monoisotopic (exact) mass is 338 g/mol. The summed E-state index contributed by atoms with van der Waals surface area (Å²) in [6.45, 7) is 14.0. The zero-order chi connectivity index (χ0) is 19.0. The molecule has 0 aliphatic rings. The lowest BCUT2D eigenvalue weighted by atomic mass is 9.98. The van der Waals surface area contributed by atoms with Crippen LogP contribution in [0.25, 0.3) is 16.3 Å². The number of hydrogen-bond donors (Lipinski definition) is 0. The van der Waals surface area contributed by atoms with Gasteiger partial charge in [0.05, 0.1) is 7.11 Å². The Labute approximate surface area is 148 Å². The van der Waals surface area contributed by atoms with Crippen LogP contribution in [0.15, 0.2) is 62.2 Å². The van der Waals surface area contributed by atoms with Crippen molar-refractivity contribution >= 4 is 28.1 Å². The summed E-state index contributed by atoms with van der Waals surface area (Å²) in [5.41, 5.74) is 1.81. The molecule has 0 fully saturated rings. The van der Waals surface area contributed by atoms with E-state index in [0.717, 1.165) is 28.0 Å². The molecule has 0 saturated heterocycles. The summed E-state index contributed by atoms with van der Waals surface area (Å²) < 4.78 is 10.7. The van der Waals surface area contributed by atoms with Gasteiger partial charge in [0, 0.05) is 23.1 Å². The highest BCUT2D eigenvalue weighted by atomic mass is 16.5. The molecule has 0 spiro atoms. The Hall–Kier alpha value is -3.14. The maximum Gasteiger partial charge on any atom is 0.335 e. The Morgan fingerprint density at radius 3 is 2.00 bits per heavy atom. The van der Waals surface area contributed by atoms with E-state index in [1.165, 1.54) is 13.0 Å². The van der Waals surface area contributed by atoms with E-state index in [9.17, 15) is 9.59 Å². The molecule has 0 aliphatic carbocycles. The first-order valence-electron chi connectivity index (χ1n) is 7.58. The number of ether oxygens (including phenoxy) is 2. The second kappa shape index (κ2) is 9.23. The van der Waals surface area contributed by atoms with Gasteiger partial charge in [0.1, 0.15) is 11.5 Å². The molecule has 0 saturated carbocycles. The summed E-state index contributed by atoms with van der Waals surface area (Å²) in [5, 5.41) is 1.77. The van der Waals surface area contributed by atoms with Crippen LogP contribution in [0.1, 0.15) is 19.4 Å². The molecule has 0 aliphatic heterocycles. The Morgan fingerprint density at radius 1 is 1.00 bits per heavy atom. The smallest absolute Gasteiger partial charge is 0.335 e. The zero-order valence-corrected chi connectivity index (χ0v) is 14.8. The third-order valence-corrected chi connectivity index (χ3v) is 3.28. The van der Waals surface area contributed by atoms with E-state index in [2.05, 4.69) is 19.7 Å². The van der Waals surface area contributed by atoms with E-state index in [1.54, 1.807) is 13.2 Å². The van der Waals surface area contributed by atoms with Crippen LogP contribution in [0.4, 0.5) is 0 Å². The van der Waals surface area contributed by atoms with Crippen LogP contribution in [0, 0.1) is 0 Å². The number of carbonyl (C=O) groups is 2. The summed E-state index contributed by atoms with van der Waals surface area (Å²) in [6, 6.07) is 9.36. The molecule has 0 bridgehead atoms. The molecule has 0 amide bonds. The fraction of sp³-hybridized carbons (Fsp3) is 0.143. The first kappa shape index (κ1) is 19.9. The lowest BCUT2D eigenvalue weighted by Gasteiger charge is -2.15. The number of rotatable bonds is 5. The van der Waals surface area contributed by atoms with Gasteiger partial charge in [-0.25, -0.2) is 4.79 Å². The van der Waals surface area contributed by atoms with Crippen molar-refractivity contribution in [3.05, 3.63) is 67.8 Å². The van der Waals surface area contributed by atoms with E-state index < -0.39 is 5.97 Å². The SMILES string of the molecule is C=CC(=O)Oc1cc(OC)c(C(=C)C)c2ccccc12.C=CC(C)=O. The van der Waals surface area contributed by atoms with Crippen molar-refractivity contribution in [3.8, 4) is 11.5 Å². The fourth-order valence-electron chi connectivity index (χ4n) is 2.15. The maximum atomic E-state index is 11.4. The van der Waals surface area contributed by atoms with Gasteiger partial charge in [0.25, 0.3) is 0 Å². The summed E-state index contributed by atoms with van der Waals surface area (Å²) in [7, 11) is 1.58. The van der Waals surface area contributed by atoms with Crippen LogP contribution < -0.4 is 9.47 Å². The average molecular weight is 338 g/mol. The highest BCUT2D eigenvalue weighted by Crippen LogP contribution is 2.39. The van der Waals surface area contributed by atoms with Gasteiger partial charge >= 0.3 is 5.97 Å². The van der Waals surface area contributed by atoms with Crippen molar-refractivity contribution in [1.82, 2.24) is 0 Å². The van der Waals surface area contributed by atoms with Crippen molar-refractivity contribution in [2.45, 2.75) is 13.8 Å². The highest BCUT2D eigenvalue weighted by Gasteiger charge is 2.15. The number of allylic oxidation sites excluding steroid dienone is 2. The summed E-state index contributed by atoms with van der Waals surface area (Å²) in [4.78, 5) is 21.1. The largest absolute Gasteiger partial charge is 0.496 e. The van der Waals surface area contributed by atoms with Crippen LogP contribution in [0.5, 0.6) is 11.5 Å². The first-order chi connectivity index (χ1) is 11.8. The summed E-state index contributed by atoms with van der Waals surface area (Å²) in [5.74, 6) is 0.598. The van der Waals surface area contributed by atoms with Crippen LogP contribution >= 0.6 is 0 Å². The molecule has 0 unspecified atom stereocenters. The minimum absolute atomic E-state index is 0.0185. The summed E-state index contributed by atoms with van der Waals surface area (Å²) >= 11 is 0. The number of esters is 1. The quantitative estimate of drug-likeness (QED) is 0.449. The van der Waals surface area contributed by atoms with Gasteiger partial charge in [-0.2, -0.15) is 0 Å². The molecular weight excluding hydrogens is 316 g/mol. The average Bonchev–Trinajstić information content (AvgIpc) is 2.61. The lowest BCUT2D eigenvalue weighted by molar-refractivity contribution is -0.128. The predicted molar refractivity (Wildman–Crippen MR) is 102 cm³/mol. The van der Waals surface area contributed by atoms with Gasteiger partial charge in [-0.15, -0.1) is 0 Å². The summed E-state index contributed by atoms with van der Waals surface area (Å²) in [6.07, 6.45) is 2.41. The Morgan fingerprint density at radius 2 is 1.56 bits per heavy atom. The lowest BCUT2D eigenvalue weighted by Crippen LogP contribution is -2.04. The van der Waals surface area contributed by atoms with E-state index in [-0.39, 0.29) is 5.78 Å². The second-order valence-electron chi connectivity index (χ2n) is 5.22. The molecule has 0 aromatic heterocycles. The van der Waals surface area contributed by atoms with E-state index in [4.69, 9.17) is 9.47 Å². The van der Waals surface area contributed by atoms with Crippen molar-refractivity contribution in [1.29, 1.82) is 0 Å². The van der Waals surface area contributed by atoms with Gasteiger partial charge in [0.15, 0.2) is 5.78 Å². The van der Waals surface area contributed by atoms with Crippen molar-refractivity contribution in [2.75, 3.05) is 7.11 Å². The van der Waals surface area contributed by atoms with Crippen LogP contribution in [-0.2, 0) is 9.59 Å². The molecule has 25 heavy (non-hydrogen) atoms. The predicted octanol–water partition coefficient (Wildman–Crippen LogP) is 4.73. The van der Waals surface area contributed by atoms with Gasteiger partial charge in [-0.05, 0) is 30.9 Å². The van der Waals surface area contributed by atoms with E-state index in [1.807, 2.05) is 31.2 Å². The number of methoxy groups -OCH3 is 1. The third kappa shape index (κ3) is 5.18. The van der Waals surface area contributed by atoms with Crippen LogP contribution in [-0.4, -0.2) is 18.9 Å². The zero-order valence-electron chi connectivity index (χ0n) is 14.8. The molecule has 0 radical (unpaired) electrons. The third-order valence-electron chi connectivity index (χ3n) is 3.28. The van der Waals surface area contributed by atoms with Crippen molar-refractivity contribution in [2.24, 2.45) is 0 Å². The minimum Gasteiger partial charge on any atom is -0.496 e. The molecule has 2 aromatic rings. The van der Waals surface area contributed by atoms with Crippen molar-refractivity contribution < 1.29 is 19.1 Å². The Kier molecular flexibility index (Phi) is 7.35. The number of hydrogen-bond acceptors (Lipinski definition) is 4. The van der Waals surface area contributed by atoms with E-state index >= 15 is 0 Å². The number of fused-ring (bicyclic) bond motifs is 1. The standard InChI is InChI=1S/C17H16O3.C4H6O/c1-5-16(18)20-14-10-15(19-4)17(11(2)3)13-9-7-6-8-12(13)14;1-3-4(2)5/h5-10H,1-2H2,3-4H3;3H,1H2,2H3. The topological polar surface area (TPSA) is 52.6 Å². The number of benzene rings is 2. The van der Waals surface area contributed by atoms with Gasteiger partial charge in [-0.1, -0.05) is 44.0 Å². The van der Waals surface area contributed by atoms with Crippen molar-refractivity contribution in [3.63, 3.8) is 0 Å². The van der Waals surface area contributed by atoms with Gasteiger partial charge in [-0.3, -0.25) is 4.79 Å². The Balaban J connectivity index is 0.000000550. The van der Waals surface area contributed by atoms with E-state index in [0.29, 0.717) is 11.5 Å². The molecule has 130 valence electrons. The molecular formula is C21H22O4. The molecule has 0 atom stereocenters.